The highest BCUT2D eigenvalue weighted by Gasteiger charge is 2.68. The second-order valence-corrected chi connectivity index (χ2v) is 16.8. The van der Waals surface area contributed by atoms with Crippen molar-refractivity contribution in [3.63, 3.8) is 0 Å². The van der Waals surface area contributed by atoms with Crippen LogP contribution in [0.5, 0.6) is 0 Å². The molecule has 4 fully saturated rings. The van der Waals surface area contributed by atoms with E-state index < -0.39 is 0 Å². The number of fused-ring (bicyclic) bond motifs is 7. The van der Waals surface area contributed by atoms with Crippen molar-refractivity contribution in [1.82, 2.24) is 5.43 Å². The summed E-state index contributed by atoms with van der Waals surface area (Å²) in [7, 11) is 1.45. The molecule has 5 heteroatoms. The molecule has 278 valence electrons. The molecule has 4 saturated carbocycles. The van der Waals surface area contributed by atoms with Gasteiger partial charge in [-0.25, -0.2) is 10.6 Å². The Bertz CT molecular complexity index is 1250. The second kappa shape index (κ2) is 17.7. The third-order valence-electron chi connectivity index (χ3n) is 14.1. The Hall–Kier alpha value is -2.40. The van der Waals surface area contributed by atoms with Gasteiger partial charge in [-0.15, -0.1) is 6.58 Å². The van der Waals surface area contributed by atoms with E-state index in [1.807, 2.05) is 32.9 Å². The lowest BCUT2D eigenvalue weighted by Gasteiger charge is -2.72. The van der Waals surface area contributed by atoms with Gasteiger partial charge in [0.25, 0.3) is 0 Å². The number of ether oxygens (including phenoxy) is 1. The standard InChI is InChI=1S/C35H50O2.C3H8.C3H6.C2H6.CH4N2O/c1-31(2)25(23-10-12-24(13-11-23)30(36)37-7)16-19-33(4)28(31)17-20-35(6)29(33)15-14-27-26-9-8-18-32(26,3)21-22-34(27,35)5;2*1-3-2;1-2;2-3-1-4/h10-13,16,26-29H,8-9,14-15,17-22H2,1-7H3;3H2,1-2H3;3H,1H2,2H3;1-2H3;1H,2H2,(H,3,4)/t26-,27?,28?,29?,32?,33?,34-,35?;;;;/m1..../s1. The normalized spacial score (nSPS) is 36.0. The molecule has 5 aliphatic rings. The van der Waals surface area contributed by atoms with Crippen LogP contribution in [0.4, 0.5) is 0 Å². The van der Waals surface area contributed by atoms with Crippen molar-refractivity contribution in [1.29, 1.82) is 0 Å². The van der Waals surface area contributed by atoms with Gasteiger partial charge < -0.3 is 4.74 Å². The molecule has 6 rings (SSSR count). The number of carbonyl (C=O) groups is 2. The van der Waals surface area contributed by atoms with Crippen LogP contribution in [0.1, 0.15) is 163 Å². The largest absolute Gasteiger partial charge is 0.465 e. The lowest BCUT2D eigenvalue weighted by Crippen LogP contribution is -2.64. The Labute approximate surface area is 301 Å². The molecule has 1 aromatic rings. The number of allylic oxidation sites excluding steroid dienone is 3. The molecule has 8 atom stereocenters. The Kier molecular flexibility index (Phi) is 15.4. The van der Waals surface area contributed by atoms with Crippen LogP contribution in [0, 0.1) is 50.7 Å². The smallest absolute Gasteiger partial charge is 0.337 e. The van der Waals surface area contributed by atoms with Crippen molar-refractivity contribution in [3.8, 4) is 0 Å². The number of nitrogens with one attached hydrogen (secondary N) is 1. The molecule has 5 aliphatic carbocycles. The zero-order chi connectivity index (χ0) is 37.3. The molecule has 0 aromatic heterocycles. The van der Waals surface area contributed by atoms with Crippen LogP contribution in [0.15, 0.2) is 43.0 Å². The second-order valence-electron chi connectivity index (χ2n) is 16.8. The lowest BCUT2D eigenvalue weighted by molar-refractivity contribution is -0.221. The first kappa shape index (κ1) is 42.8. The summed E-state index contributed by atoms with van der Waals surface area (Å²) in [6.07, 6.45) is 20.2. The van der Waals surface area contributed by atoms with Gasteiger partial charge in [-0.1, -0.05) is 106 Å². The highest BCUT2D eigenvalue weighted by atomic mass is 16.5. The van der Waals surface area contributed by atoms with Crippen LogP contribution in [0.25, 0.3) is 5.57 Å². The van der Waals surface area contributed by atoms with Crippen molar-refractivity contribution >= 4 is 18.0 Å². The molecule has 6 unspecified atom stereocenters. The summed E-state index contributed by atoms with van der Waals surface area (Å²) < 4.78 is 4.93. The number of hydrogen-bond acceptors (Lipinski definition) is 4. The summed E-state index contributed by atoms with van der Waals surface area (Å²) in [5, 5.41) is 0. The third-order valence-corrected chi connectivity index (χ3v) is 14.1. The van der Waals surface area contributed by atoms with Gasteiger partial charge in [0.1, 0.15) is 0 Å². The third kappa shape index (κ3) is 7.92. The number of hydrazine groups is 1. The van der Waals surface area contributed by atoms with Crippen LogP contribution < -0.4 is 11.3 Å². The summed E-state index contributed by atoms with van der Waals surface area (Å²) in [6, 6.07) is 8.15. The number of esters is 1. The number of rotatable bonds is 3. The molecular weight excluding hydrogens is 604 g/mol. The maximum atomic E-state index is 12.0. The summed E-state index contributed by atoms with van der Waals surface area (Å²) in [6.45, 7) is 29.3. The zero-order valence-corrected chi connectivity index (χ0v) is 33.6. The zero-order valence-electron chi connectivity index (χ0n) is 33.6. The molecule has 49 heavy (non-hydrogen) atoms. The van der Waals surface area contributed by atoms with Crippen molar-refractivity contribution < 1.29 is 14.3 Å². The Balaban J connectivity index is 0.000000612. The predicted octanol–water partition coefficient (Wildman–Crippen LogP) is 11.6. The van der Waals surface area contributed by atoms with Gasteiger partial charge in [0, 0.05) is 0 Å². The van der Waals surface area contributed by atoms with Gasteiger partial charge in [-0.3, -0.25) is 10.2 Å². The summed E-state index contributed by atoms with van der Waals surface area (Å²) in [4.78, 5) is 20.9. The first-order chi connectivity index (χ1) is 23.1. The minimum atomic E-state index is -0.257. The lowest BCUT2D eigenvalue weighted by atomic mass is 9.33. The van der Waals surface area contributed by atoms with E-state index in [0.29, 0.717) is 39.6 Å². The predicted molar refractivity (Wildman–Crippen MR) is 209 cm³/mol. The van der Waals surface area contributed by atoms with E-state index in [1.165, 1.54) is 88.9 Å². The monoisotopic (exact) mass is 679 g/mol. The van der Waals surface area contributed by atoms with Gasteiger partial charge in [0.05, 0.1) is 12.7 Å². The molecule has 0 aliphatic heterocycles. The molecule has 0 heterocycles. The number of methoxy groups -OCH3 is 1. The van der Waals surface area contributed by atoms with Crippen molar-refractivity contribution in [2.75, 3.05) is 7.11 Å². The van der Waals surface area contributed by atoms with E-state index in [2.05, 4.69) is 86.0 Å². The highest BCUT2D eigenvalue weighted by Crippen LogP contribution is 2.77. The number of benzene rings is 1. The number of nitrogens with two attached hydrogens (primary N) is 1. The van der Waals surface area contributed by atoms with Gasteiger partial charge in [0.2, 0.25) is 6.41 Å². The first-order valence-electron chi connectivity index (χ1n) is 19.5. The molecule has 0 saturated heterocycles. The van der Waals surface area contributed by atoms with E-state index >= 15 is 0 Å². The van der Waals surface area contributed by atoms with Gasteiger partial charge in [0.15, 0.2) is 0 Å². The van der Waals surface area contributed by atoms with E-state index in [1.54, 1.807) is 11.5 Å². The maximum absolute atomic E-state index is 12.0. The minimum Gasteiger partial charge on any atom is -0.465 e. The van der Waals surface area contributed by atoms with Crippen molar-refractivity contribution in [2.24, 2.45) is 56.6 Å². The number of carbonyl (C=O) groups excluding carboxylic acids is 2. The summed E-state index contributed by atoms with van der Waals surface area (Å²) in [5.41, 5.74) is 7.19. The topological polar surface area (TPSA) is 81.4 Å². The molecule has 3 N–H and O–H groups in total. The van der Waals surface area contributed by atoms with Gasteiger partial charge in [-0.05, 0) is 139 Å². The van der Waals surface area contributed by atoms with E-state index in [9.17, 15) is 4.79 Å². The fourth-order valence-electron chi connectivity index (χ4n) is 11.9. The quantitative estimate of drug-likeness (QED) is 0.0832. The Morgan fingerprint density at radius 1 is 0.898 bits per heavy atom. The molecule has 5 nitrogen and oxygen atoms in total. The van der Waals surface area contributed by atoms with Crippen LogP contribution in [0.3, 0.4) is 0 Å². The van der Waals surface area contributed by atoms with E-state index in [-0.39, 0.29) is 11.4 Å². The van der Waals surface area contributed by atoms with Crippen LogP contribution in [-0.4, -0.2) is 19.5 Å². The highest BCUT2D eigenvalue weighted by molar-refractivity contribution is 5.89. The first-order valence-corrected chi connectivity index (χ1v) is 19.5. The molecule has 1 amide bonds. The maximum Gasteiger partial charge on any atom is 0.337 e. The van der Waals surface area contributed by atoms with Crippen molar-refractivity contribution in [2.45, 2.75) is 147 Å². The molecular formula is C44H74N2O3. The summed E-state index contributed by atoms with van der Waals surface area (Å²) in [5.74, 6) is 7.56. The minimum absolute atomic E-state index is 0.120. The fraction of sp³-hybridized carbons (Fsp3) is 0.727. The van der Waals surface area contributed by atoms with Gasteiger partial charge in [-0.2, -0.15) is 0 Å². The summed E-state index contributed by atoms with van der Waals surface area (Å²) >= 11 is 0. The Morgan fingerprint density at radius 3 is 2.00 bits per heavy atom. The number of hydrogen-bond donors (Lipinski definition) is 2. The fourth-order valence-corrected chi connectivity index (χ4v) is 11.9. The van der Waals surface area contributed by atoms with Crippen molar-refractivity contribution in [3.05, 3.63) is 54.1 Å². The van der Waals surface area contributed by atoms with Crippen LogP contribution in [0.2, 0.25) is 0 Å². The van der Waals surface area contributed by atoms with Crippen LogP contribution in [-0.2, 0) is 9.53 Å². The average molecular weight is 679 g/mol. The van der Waals surface area contributed by atoms with E-state index in [0.717, 1.165) is 17.8 Å². The van der Waals surface area contributed by atoms with Crippen LogP contribution >= 0.6 is 0 Å². The average Bonchev–Trinajstić information content (AvgIpc) is 3.48. The SMILES string of the molecule is C=CC.CC.CCC.COC(=O)c1ccc(C2=CCC3(C)C(CCC4(C)C3CCC3[C@H]5CCCC5(C)CC[C@]34C)C2(C)C)cc1.NNC=O. The number of amides is 1. The molecule has 0 spiro atoms. The molecule has 0 bridgehead atoms. The van der Waals surface area contributed by atoms with E-state index in [4.69, 9.17) is 9.53 Å². The molecule has 1 aromatic carbocycles. The molecule has 0 radical (unpaired) electrons. The Morgan fingerprint density at radius 2 is 1.47 bits per heavy atom. The van der Waals surface area contributed by atoms with Gasteiger partial charge >= 0.3 is 5.97 Å².